The molecule has 2 aromatic rings. The van der Waals surface area contributed by atoms with Crippen molar-refractivity contribution in [3.05, 3.63) is 53.2 Å². The molecular formula is C17H19N3O2. The maximum Gasteiger partial charge on any atom is 0.250 e. The highest BCUT2D eigenvalue weighted by Crippen LogP contribution is 2.37. The summed E-state index contributed by atoms with van der Waals surface area (Å²) in [5, 5.41) is 0. The lowest BCUT2D eigenvalue weighted by atomic mass is 9.95. The first-order chi connectivity index (χ1) is 10.5. The number of hydrogen-bond donors (Lipinski definition) is 2. The first-order valence-electron chi connectivity index (χ1n) is 7.36. The summed E-state index contributed by atoms with van der Waals surface area (Å²) in [5.74, 6) is 1.10. The number of aromatic nitrogens is 1. The molecule has 0 aliphatic heterocycles. The third-order valence-electron chi connectivity index (χ3n) is 4.12. The minimum Gasteiger partial charge on any atom is -0.439 e. The Balaban J connectivity index is 1.78. The van der Waals surface area contributed by atoms with E-state index in [-0.39, 0.29) is 6.04 Å². The third-order valence-corrected chi connectivity index (χ3v) is 4.12. The van der Waals surface area contributed by atoms with E-state index in [4.69, 9.17) is 16.2 Å². The maximum absolute atomic E-state index is 11.0. The summed E-state index contributed by atoms with van der Waals surface area (Å²) in [7, 11) is 0. The number of amides is 1. The molecule has 0 saturated heterocycles. The van der Waals surface area contributed by atoms with Crippen LogP contribution in [-0.2, 0) is 6.42 Å². The molecule has 1 aliphatic rings. The molecule has 1 aromatic heterocycles. The van der Waals surface area contributed by atoms with Crippen LogP contribution in [0, 0.1) is 0 Å². The number of carbonyl (C=O) groups excluding carboxylic acids is 1. The number of pyridine rings is 1. The number of carbonyl (C=O) groups is 1. The van der Waals surface area contributed by atoms with E-state index in [1.54, 1.807) is 12.1 Å². The first-order valence-corrected chi connectivity index (χ1v) is 7.36. The molecule has 2 unspecified atom stereocenters. The normalized spacial score (nSPS) is 17.8. The Bertz CT molecular complexity index is 696. The summed E-state index contributed by atoms with van der Waals surface area (Å²) in [6, 6.07) is 9.46. The number of hydrogen-bond acceptors (Lipinski definition) is 4. The molecule has 114 valence electrons. The maximum atomic E-state index is 11.0. The Labute approximate surface area is 129 Å². The van der Waals surface area contributed by atoms with E-state index < -0.39 is 5.91 Å². The molecule has 1 aliphatic carbocycles. The fourth-order valence-corrected chi connectivity index (χ4v) is 2.94. The van der Waals surface area contributed by atoms with Crippen molar-refractivity contribution in [1.82, 2.24) is 4.98 Å². The minimum absolute atomic E-state index is 0.163. The average Bonchev–Trinajstić information content (AvgIpc) is 2.91. The third kappa shape index (κ3) is 2.80. The molecule has 2 atom stereocenters. The van der Waals surface area contributed by atoms with Gasteiger partial charge in [-0.1, -0.05) is 6.07 Å². The lowest BCUT2D eigenvalue weighted by Gasteiger charge is -2.16. The molecule has 1 heterocycles. The Kier molecular flexibility index (Phi) is 3.81. The number of ether oxygens (including phenoxy) is 1. The van der Waals surface area contributed by atoms with Gasteiger partial charge in [0.25, 0.3) is 0 Å². The molecule has 4 N–H and O–H groups in total. The van der Waals surface area contributed by atoms with E-state index in [2.05, 4.69) is 11.1 Å². The van der Waals surface area contributed by atoms with Crippen LogP contribution < -0.4 is 16.2 Å². The van der Waals surface area contributed by atoms with Crippen LogP contribution in [0.25, 0.3) is 0 Å². The lowest BCUT2D eigenvalue weighted by Crippen LogP contribution is -2.22. The predicted octanol–water partition coefficient (Wildman–Crippen LogP) is 2.35. The van der Waals surface area contributed by atoms with Gasteiger partial charge in [0.1, 0.15) is 5.75 Å². The van der Waals surface area contributed by atoms with Crippen LogP contribution in [0.2, 0.25) is 0 Å². The van der Waals surface area contributed by atoms with Gasteiger partial charge in [-0.25, -0.2) is 4.98 Å². The minimum atomic E-state index is -0.501. The van der Waals surface area contributed by atoms with Gasteiger partial charge in [0.15, 0.2) is 0 Å². The van der Waals surface area contributed by atoms with E-state index in [0.717, 1.165) is 18.6 Å². The fourth-order valence-electron chi connectivity index (χ4n) is 2.94. The topological polar surface area (TPSA) is 91.2 Å². The van der Waals surface area contributed by atoms with Gasteiger partial charge in [-0.15, -0.1) is 0 Å². The number of nitrogens with two attached hydrogens (primary N) is 2. The van der Waals surface area contributed by atoms with E-state index in [0.29, 0.717) is 17.4 Å². The van der Waals surface area contributed by atoms with Crippen LogP contribution >= 0.6 is 0 Å². The molecular weight excluding hydrogens is 278 g/mol. The van der Waals surface area contributed by atoms with Crippen molar-refractivity contribution < 1.29 is 9.53 Å². The zero-order chi connectivity index (χ0) is 15.7. The molecule has 3 rings (SSSR count). The monoisotopic (exact) mass is 297 g/mol. The highest BCUT2D eigenvalue weighted by atomic mass is 16.5. The van der Waals surface area contributed by atoms with Gasteiger partial charge in [-0.2, -0.15) is 0 Å². The second-order valence-electron chi connectivity index (χ2n) is 5.72. The van der Waals surface area contributed by atoms with Crippen LogP contribution in [0.5, 0.6) is 11.6 Å². The Morgan fingerprint density at radius 1 is 1.36 bits per heavy atom. The SMILES string of the molecule is CC(N)C1CCc2cc(Oc3ccc(C(N)=O)cn3)ccc21. The van der Waals surface area contributed by atoms with Crippen molar-refractivity contribution in [2.24, 2.45) is 11.5 Å². The number of benzene rings is 1. The molecule has 5 heteroatoms. The summed E-state index contributed by atoms with van der Waals surface area (Å²) in [6.45, 7) is 2.05. The molecule has 0 fully saturated rings. The van der Waals surface area contributed by atoms with Gasteiger partial charge in [0.2, 0.25) is 11.8 Å². The Hall–Kier alpha value is -2.40. The summed E-state index contributed by atoms with van der Waals surface area (Å²) < 4.78 is 5.74. The van der Waals surface area contributed by atoms with Crippen molar-refractivity contribution in [3.8, 4) is 11.6 Å². The molecule has 0 radical (unpaired) electrons. The second kappa shape index (κ2) is 5.77. The predicted molar refractivity (Wildman–Crippen MR) is 84.0 cm³/mol. The van der Waals surface area contributed by atoms with Crippen molar-refractivity contribution >= 4 is 5.91 Å². The lowest BCUT2D eigenvalue weighted by molar-refractivity contribution is 0.1000. The van der Waals surface area contributed by atoms with Gasteiger partial charge in [0.05, 0.1) is 5.56 Å². The molecule has 1 aromatic carbocycles. The number of nitrogens with zero attached hydrogens (tertiary/aromatic N) is 1. The van der Waals surface area contributed by atoms with E-state index in [1.165, 1.54) is 17.3 Å². The van der Waals surface area contributed by atoms with Crippen molar-refractivity contribution in [2.45, 2.75) is 31.7 Å². The summed E-state index contributed by atoms with van der Waals surface area (Å²) in [4.78, 5) is 15.1. The summed E-state index contributed by atoms with van der Waals surface area (Å²) >= 11 is 0. The van der Waals surface area contributed by atoms with E-state index in [1.807, 2.05) is 19.1 Å². The molecule has 1 amide bonds. The van der Waals surface area contributed by atoms with Gasteiger partial charge in [-0.05, 0) is 55.0 Å². The summed E-state index contributed by atoms with van der Waals surface area (Å²) in [5.41, 5.74) is 14.2. The van der Waals surface area contributed by atoms with Crippen LogP contribution in [-0.4, -0.2) is 16.9 Å². The van der Waals surface area contributed by atoms with E-state index in [9.17, 15) is 4.79 Å². The number of aryl methyl sites for hydroxylation is 1. The average molecular weight is 297 g/mol. The summed E-state index contributed by atoms with van der Waals surface area (Å²) in [6.07, 6.45) is 3.52. The zero-order valence-corrected chi connectivity index (χ0v) is 12.5. The first kappa shape index (κ1) is 14.5. The van der Waals surface area contributed by atoms with Crippen molar-refractivity contribution in [2.75, 3.05) is 0 Å². The van der Waals surface area contributed by atoms with Gasteiger partial charge >= 0.3 is 0 Å². The zero-order valence-electron chi connectivity index (χ0n) is 12.5. The number of rotatable bonds is 4. The largest absolute Gasteiger partial charge is 0.439 e. The van der Waals surface area contributed by atoms with Crippen LogP contribution in [0.1, 0.15) is 40.7 Å². The van der Waals surface area contributed by atoms with E-state index >= 15 is 0 Å². The highest BCUT2D eigenvalue weighted by Gasteiger charge is 2.25. The quantitative estimate of drug-likeness (QED) is 0.906. The Morgan fingerprint density at radius 3 is 2.82 bits per heavy atom. The van der Waals surface area contributed by atoms with Crippen molar-refractivity contribution in [1.29, 1.82) is 0 Å². The molecule has 0 saturated carbocycles. The van der Waals surface area contributed by atoms with Crippen LogP contribution in [0.4, 0.5) is 0 Å². The second-order valence-corrected chi connectivity index (χ2v) is 5.72. The van der Waals surface area contributed by atoms with Gasteiger partial charge < -0.3 is 16.2 Å². The Morgan fingerprint density at radius 2 is 2.18 bits per heavy atom. The van der Waals surface area contributed by atoms with Crippen molar-refractivity contribution in [3.63, 3.8) is 0 Å². The van der Waals surface area contributed by atoms with Crippen LogP contribution in [0.3, 0.4) is 0 Å². The highest BCUT2D eigenvalue weighted by molar-refractivity contribution is 5.92. The molecule has 0 bridgehead atoms. The van der Waals surface area contributed by atoms with Gasteiger partial charge in [-0.3, -0.25) is 4.79 Å². The number of fused-ring (bicyclic) bond motifs is 1. The standard InChI is InChI=1S/C17H19N3O2/c1-10(18)14-5-2-11-8-13(4-6-15(11)14)22-16-7-3-12(9-20-16)17(19)21/h3-4,6-10,14H,2,5,18H2,1H3,(H2,19,21). The number of primary amides is 1. The smallest absolute Gasteiger partial charge is 0.250 e. The molecule has 5 nitrogen and oxygen atoms in total. The molecule has 0 spiro atoms. The molecule has 22 heavy (non-hydrogen) atoms. The van der Waals surface area contributed by atoms with Gasteiger partial charge in [0, 0.05) is 18.3 Å². The van der Waals surface area contributed by atoms with Crippen LogP contribution in [0.15, 0.2) is 36.5 Å². The fraction of sp³-hybridized carbons (Fsp3) is 0.294.